The number of rotatable bonds is 6. The molecule has 27 heavy (non-hydrogen) atoms. The van der Waals surface area contributed by atoms with Gasteiger partial charge in [-0.2, -0.15) is 13.2 Å². The van der Waals surface area contributed by atoms with Gasteiger partial charge in [-0.05, 0) is 55.8 Å². The Morgan fingerprint density at radius 3 is 2.04 bits per heavy atom. The van der Waals surface area contributed by atoms with Crippen LogP contribution in [0.3, 0.4) is 0 Å². The molecule has 2 N–H and O–H groups in total. The minimum absolute atomic E-state index is 0.0682. The summed E-state index contributed by atoms with van der Waals surface area (Å²) in [5, 5.41) is 2.01. The zero-order chi connectivity index (χ0) is 20.2. The Balaban J connectivity index is 1.96. The third-order valence-electron chi connectivity index (χ3n) is 3.76. The van der Waals surface area contributed by atoms with Gasteiger partial charge in [0.1, 0.15) is 0 Å². The van der Waals surface area contributed by atoms with Crippen LogP contribution in [0.4, 0.5) is 18.9 Å². The molecule has 1 amide bonds. The molecule has 0 spiro atoms. The second-order valence-electron chi connectivity index (χ2n) is 6.15. The fraction of sp³-hybridized carbons (Fsp3) is 0.278. The molecule has 0 fully saturated rings. The van der Waals surface area contributed by atoms with Gasteiger partial charge in [0.05, 0.1) is 10.8 Å². The summed E-state index contributed by atoms with van der Waals surface area (Å²) < 4.78 is 63.6. The quantitative estimate of drug-likeness (QED) is 0.775. The number of benzene rings is 2. The number of nitrogens with one attached hydrogen (secondary N) is 2. The van der Waals surface area contributed by atoms with Crippen LogP contribution in [0.5, 0.6) is 0 Å². The van der Waals surface area contributed by atoms with Gasteiger partial charge < -0.3 is 5.32 Å². The summed E-state index contributed by atoms with van der Waals surface area (Å²) in [5.41, 5.74) is 0.409. The highest BCUT2D eigenvalue weighted by Gasteiger charge is 2.29. The minimum Gasteiger partial charge on any atom is -0.348 e. The molecular formula is C18H19F3N2O3S. The van der Waals surface area contributed by atoms with Gasteiger partial charge in [0.15, 0.2) is 0 Å². The van der Waals surface area contributed by atoms with E-state index in [9.17, 15) is 26.4 Å². The predicted octanol–water partition coefficient (Wildman–Crippen LogP) is 3.79. The van der Waals surface area contributed by atoms with E-state index in [2.05, 4.69) is 10.0 Å². The fourth-order valence-corrected chi connectivity index (χ4v) is 2.77. The van der Waals surface area contributed by atoms with Gasteiger partial charge in [0, 0.05) is 17.8 Å². The Kier molecular flexibility index (Phi) is 6.15. The van der Waals surface area contributed by atoms with E-state index < -0.39 is 32.9 Å². The summed E-state index contributed by atoms with van der Waals surface area (Å²) in [6, 6.07) is 10.4. The summed E-state index contributed by atoms with van der Waals surface area (Å²) in [7, 11) is -3.48. The molecule has 146 valence electrons. The van der Waals surface area contributed by atoms with Crippen molar-refractivity contribution in [3.05, 3.63) is 65.2 Å². The van der Waals surface area contributed by atoms with E-state index in [1.54, 1.807) is 13.8 Å². The molecule has 5 nitrogen and oxygen atoms in total. The van der Waals surface area contributed by atoms with Crippen molar-refractivity contribution in [1.29, 1.82) is 0 Å². The van der Waals surface area contributed by atoms with E-state index in [1.165, 1.54) is 36.4 Å². The van der Waals surface area contributed by atoms with Crippen LogP contribution < -0.4 is 10.0 Å². The van der Waals surface area contributed by atoms with E-state index in [1.807, 2.05) is 0 Å². The lowest BCUT2D eigenvalue weighted by Gasteiger charge is -2.11. The number of hydrogen-bond donors (Lipinski definition) is 2. The maximum absolute atomic E-state index is 12.5. The van der Waals surface area contributed by atoms with Crippen molar-refractivity contribution >= 4 is 21.6 Å². The van der Waals surface area contributed by atoms with Gasteiger partial charge in [-0.15, -0.1) is 0 Å². The Hall–Kier alpha value is -2.55. The highest BCUT2D eigenvalue weighted by molar-refractivity contribution is 7.93. The lowest BCUT2D eigenvalue weighted by atomic mass is 10.1. The van der Waals surface area contributed by atoms with Gasteiger partial charge >= 0.3 is 6.18 Å². The third-order valence-corrected chi connectivity index (χ3v) is 5.52. The fourth-order valence-electron chi connectivity index (χ4n) is 2.07. The molecule has 0 aliphatic heterocycles. The van der Waals surface area contributed by atoms with Crippen LogP contribution in [0.25, 0.3) is 0 Å². The standard InChI is InChI=1S/C18H19F3N2O3S/c1-12(2)27(25,26)23-16-9-5-14(6-10-16)17(24)22-11-13-3-7-15(8-4-13)18(19,20)21/h3-10,12,23H,11H2,1-2H3,(H,22,24). The van der Waals surface area contributed by atoms with Crippen LogP contribution in [0.1, 0.15) is 35.3 Å². The van der Waals surface area contributed by atoms with Crippen LogP contribution in [-0.4, -0.2) is 19.6 Å². The first-order chi connectivity index (χ1) is 12.5. The van der Waals surface area contributed by atoms with Gasteiger partial charge in [-0.3, -0.25) is 9.52 Å². The average molecular weight is 400 g/mol. The van der Waals surface area contributed by atoms with Gasteiger partial charge in [-0.25, -0.2) is 8.42 Å². The number of carbonyl (C=O) groups is 1. The highest BCUT2D eigenvalue weighted by atomic mass is 32.2. The van der Waals surface area contributed by atoms with Gasteiger partial charge in [0.2, 0.25) is 10.0 Å². The van der Waals surface area contributed by atoms with Crippen molar-refractivity contribution in [2.24, 2.45) is 0 Å². The van der Waals surface area contributed by atoms with E-state index in [0.29, 0.717) is 16.8 Å². The van der Waals surface area contributed by atoms with Crippen molar-refractivity contribution < 1.29 is 26.4 Å². The monoisotopic (exact) mass is 400 g/mol. The van der Waals surface area contributed by atoms with Gasteiger partial charge in [-0.1, -0.05) is 12.1 Å². The SMILES string of the molecule is CC(C)S(=O)(=O)Nc1ccc(C(=O)NCc2ccc(C(F)(F)F)cc2)cc1. The molecule has 0 heterocycles. The van der Waals surface area contributed by atoms with Crippen LogP contribution >= 0.6 is 0 Å². The number of alkyl halides is 3. The molecule has 0 radical (unpaired) electrons. The Bertz CT molecular complexity index is 891. The normalized spacial score (nSPS) is 12.1. The third kappa shape index (κ3) is 5.72. The molecule has 0 saturated carbocycles. The number of hydrogen-bond acceptors (Lipinski definition) is 3. The second-order valence-corrected chi connectivity index (χ2v) is 8.39. The molecule has 0 saturated heterocycles. The maximum Gasteiger partial charge on any atom is 0.416 e. The average Bonchev–Trinajstić information content (AvgIpc) is 2.59. The number of carbonyl (C=O) groups excluding carboxylic acids is 1. The number of amides is 1. The molecule has 0 aromatic heterocycles. The van der Waals surface area contributed by atoms with Crippen molar-refractivity contribution in [3.8, 4) is 0 Å². The summed E-state index contributed by atoms with van der Waals surface area (Å²) in [5.74, 6) is -0.423. The molecular weight excluding hydrogens is 381 g/mol. The Labute approximate surface area is 155 Å². The second kappa shape index (κ2) is 7.99. The lowest BCUT2D eigenvalue weighted by Crippen LogP contribution is -2.23. The summed E-state index contributed by atoms with van der Waals surface area (Å²) in [6.07, 6.45) is -4.40. The number of sulfonamides is 1. The predicted molar refractivity (Wildman–Crippen MR) is 96.7 cm³/mol. The first-order valence-corrected chi connectivity index (χ1v) is 9.60. The van der Waals surface area contributed by atoms with E-state index in [4.69, 9.17) is 0 Å². The molecule has 0 aliphatic rings. The Morgan fingerprint density at radius 2 is 1.56 bits per heavy atom. The molecule has 0 unspecified atom stereocenters. The van der Waals surface area contributed by atoms with Crippen LogP contribution in [-0.2, 0) is 22.7 Å². The number of anilines is 1. The molecule has 2 rings (SSSR count). The first kappa shape index (κ1) is 20.8. The van der Waals surface area contributed by atoms with Crippen LogP contribution in [0.15, 0.2) is 48.5 Å². The molecule has 0 aliphatic carbocycles. The zero-order valence-electron chi connectivity index (χ0n) is 14.7. The molecule has 2 aromatic rings. The Morgan fingerprint density at radius 1 is 1.00 bits per heavy atom. The first-order valence-electron chi connectivity index (χ1n) is 8.05. The smallest absolute Gasteiger partial charge is 0.348 e. The van der Waals surface area contributed by atoms with Crippen molar-refractivity contribution in [3.63, 3.8) is 0 Å². The maximum atomic E-state index is 12.5. The van der Waals surface area contributed by atoms with E-state index in [-0.39, 0.29) is 6.54 Å². The largest absolute Gasteiger partial charge is 0.416 e. The topological polar surface area (TPSA) is 75.3 Å². The number of halogens is 3. The van der Waals surface area contributed by atoms with Crippen LogP contribution in [0, 0.1) is 0 Å². The molecule has 2 aromatic carbocycles. The van der Waals surface area contributed by atoms with Gasteiger partial charge in [0.25, 0.3) is 5.91 Å². The zero-order valence-corrected chi connectivity index (χ0v) is 15.5. The van der Waals surface area contributed by atoms with Crippen molar-refractivity contribution in [2.75, 3.05) is 4.72 Å². The highest BCUT2D eigenvalue weighted by Crippen LogP contribution is 2.29. The summed E-state index contributed by atoms with van der Waals surface area (Å²) >= 11 is 0. The van der Waals surface area contributed by atoms with E-state index >= 15 is 0 Å². The minimum atomic E-state index is -4.40. The van der Waals surface area contributed by atoms with E-state index in [0.717, 1.165) is 12.1 Å². The molecule has 0 bridgehead atoms. The summed E-state index contributed by atoms with van der Waals surface area (Å²) in [6.45, 7) is 3.16. The molecule has 0 atom stereocenters. The van der Waals surface area contributed by atoms with Crippen molar-refractivity contribution in [1.82, 2.24) is 5.32 Å². The lowest BCUT2D eigenvalue weighted by molar-refractivity contribution is -0.137. The molecule has 9 heteroatoms. The van der Waals surface area contributed by atoms with Crippen molar-refractivity contribution in [2.45, 2.75) is 31.8 Å². The van der Waals surface area contributed by atoms with Crippen LogP contribution in [0.2, 0.25) is 0 Å². The summed E-state index contributed by atoms with van der Waals surface area (Å²) in [4.78, 5) is 12.1.